The zero-order chi connectivity index (χ0) is 14.5. The molecule has 5 nitrogen and oxygen atoms in total. The molecule has 1 aliphatic rings. The minimum atomic E-state index is -0.317. The summed E-state index contributed by atoms with van der Waals surface area (Å²) in [5.74, 6) is -0.714. The van der Waals surface area contributed by atoms with E-state index in [1.54, 1.807) is 17.0 Å². The Morgan fingerprint density at radius 2 is 2.30 bits per heavy atom. The molecule has 108 valence electrons. The van der Waals surface area contributed by atoms with Gasteiger partial charge in [0.1, 0.15) is 5.82 Å². The molecule has 1 aliphatic heterocycles. The number of hydrogen-bond donors (Lipinski definition) is 2. The highest BCUT2D eigenvalue weighted by atomic mass is 19.1. The topological polar surface area (TPSA) is 61.4 Å². The van der Waals surface area contributed by atoms with Crippen LogP contribution in [-0.4, -0.2) is 42.9 Å². The van der Waals surface area contributed by atoms with E-state index < -0.39 is 0 Å². The molecular weight excluding hydrogens is 261 g/mol. The number of amides is 2. The molecule has 2 rings (SSSR count). The predicted octanol–water partition coefficient (Wildman–Crippen LogP) is 0.435. The van der Waals surface area contributed by atoms with E-state index in [0.29, 0.717) is 19.6 Å². The maximum atomic E-state index is 13.3. The lowest BCUT2D eigenvalue weighted by atomic mass is 10.0. The normalized spacial score (nSPS) is 18.7. The Labute approximate surface area is 117 Å². The lowest BCUT2D eigenvalue weighted by Crippen LogP contribution is -2.51. The quantitative estimate of drug-likeness (QED) is 0.844. The first-order chi connectivity index (χ1) is 9.58. The van der Waals surface area contributed by atoms with E-state index >= 15 is 0 Å². The van der Waals surface area contributed by atoms with E-state index in [-0.39, 0.29) is 30.2 Å². The molecule has 1 saturated heterocycles. The number of nitrogens with zero attached hydrogens (tertiary/aromatic N) is 1. The van der Waals surface area contributed by atoms with Crippen molar-refractivity contribution in [3.8, 4) is 0 Å². The average Bonchev–Trinajstić information content (AvgIpc) is 2.44. The molecule has 0 aromatic heterocycles. The highest BCUT2D eigenvalue weighted by molar-refractivity contribution is 5.84. The van der Waals surface area contributed by atoms with Crippen molar-refractivity contribution in [1.82, 2.24) is 15.5 Å². The molecule has 2 amide bonds. The largest absolute Gasteiger partial charge is 0.347 e. The van der Waals surface area contributed by atoms with Crippen molar-refractivity contribution in [2.45, 2.75) is 13.0 Å². The predicted molar refractivity (Wildman–Crippen MR) is 72.4 cm³/mol. The van der Waals surface area contributed by atoms with E-state index in [0.717, 1.165) is 5.56 Å². The van der Waals surface area contributed by atoms with E-state index in [2.05, 4.69) is 10.6 Å². The monoisotopic (exact) mass is 279 g/mol. The van der Waals surface area contributed by atoms with E-state index in [4.69, 9.17) is 0 Å². The average molecular weight is 279 g/mol. The molecule has 2 N–H and O–H groups in total. The summed E-state index contributed by atoms with van der Waals surface area (Å²) in [4.78, 5) is 24.7. The van der Waals surface area contributed by atoms with Crippen LogP contribution in [0.25, 0.3) is 0 Å². The van der Waals surface area contributed by atoms with Crippen molar-refractivity contribution in [2.24, 2.45) is 0 Å². The number of carbonyl (C=O) groups excluding carboxylic acids is 2. The number of hydrogen-bond acceptors (Lipinski definition) is 3. The molecule has 1 fully saturated rings. The summed E-state index contributed by atoms with van der Waals surface area (Å²) in [6.07, 6.45) is 0. The minimum Gasteiger partial charge on any atom is -0.347 e. The molecule has 0 radical (unpaired) electrons. The summed E-state index contributed by atoms with van der Waals surface area (Å²) in [6, 6.07) is 6.05. The van der Waals surface area contributed by atoms with Crippen LogP contribution in [0.5, 0.6) is 0 Å². The van der Waals surface area contributed by atoms with Crippen molar-refractivity contribution in [1.29, 1.82) is 0 Å². The maximum Gasteiger partial charge on any atom is 0.242 e. The van der Waals surface area contributed by atoms with Crippen molar-refractivity contribution in [2.75, 3.05) is 26.2 Å². The molecule has 1 unspecified atom stereocenters. The van der Waals surface area contributed by atoms with Gasteiger partial charge < -0.3 is 15.5 Å². The lowest BCUT2D eigenvalue weighted by molar-refractivity contribution is -0.135. The van der Waals surface area contributed by atoms with Gasteiger partial charge in [-0.05, 0) is 17.7 Å². The van der Waals surface area contributed by atoms with Gasteiger partial charge in [-0.3, -0.25) is 9.59 Å². The second kappa shape index (κ2) is 6.47. The first-order valence-electron chi connectivity index (χ1n) is 6.58. The fraction of sp³-hybridized carbons (Fsp3) is 0.429. The number of nitrogens with one attached hydrogen (secondary N) is 2. The third-order valence-corrected chi connectivity index (χ3v) is 3.29. The highest BCUT2D eigenvalue weighted by Gasteiger charge is 2.27. The number of piperazine rings is 1. The highest BCUT2D eigenvalue weighted by Crippen LogP contribution is 2.22. The zero-order valence-corrected chi connectivity index (χ0v) is 11.4. The first-order valence-corrected chi connectivity index (χ1v) is 6.58. The molecule has 1 heterocycles. The number of carbonyl (C=O) groups is 2. The van der Waals surface area contributed by atoms with Crippen LogP contribution in [0.4, 0.5) is 4.39 Å². The van der Waals surface area contributed by atoms with Gasteiger partial charge in [-0.1, -0.05) is 12.1 Å². The van der Waals surface area contributed by atoms with Crippen LogP contribution in [0, 0.1) is 5.82 Å². The van der Waals surface area contributed by atoms with Crippen LogP contribution in [0.1, 0.15) is 18.5 Å². The van der Waals surface area contributed by atoms with Gasteiger partial charge in [-0.25, -0.2) is 4.39 Å². The Hall–Kier alpha value is -1.95. The van der Waals surface area contributed by atoms with Crippen LogP contribution >= 0.6 is 0 Å². The number of rotatable bonds is 3. The van der Waals surface area contributed by atoms with Crippen molar-refractivity contribution < 1.29 is 14.0 Å². The fourth-order valence-electron chi connectivity index (χ4n) is 2.32. The summed E-state index contributed by atoms with van der Waals surface area (Å²) in [6.45, 7) is 3.16. The molecule has 1 atom stereocenters. The smallest absolute Gasteiger partial charge is 0.242 e. The Bertz CT molecular complexity index is 507. The van der Waals surface area contributed by atoms with Gasteiger partial charge in [0.25, 0.3) is 0 Å². The van der Waals surface area contributed by atoms with Gasteiger partial charge in [0.2, 0.25) is 11.8 Å². The third kappa shape index (κ3) is 3.54. The van der Waals surface area contributed by atoms with Crippen LogP contribution < -0.4 is 10.6 Å². The Kier molecular flexibility index (Phi) is 4.68. The zero-order valence-electron chi connectivity index (χ0n) is 11.4. The summed E-state index contributed by atoms with van der Waals surface area (Å²) in [7, 11) is 0. The summed E-state index contributed by atoms with van der Waals surface area (Å²) >= 11 is 0. The standard InChI is InChI=1S/C14H18FN3O2/c1-10(19)17-9-14(20)18-6-5-16-8-13(18)11-3-2-4-12(15)7-11/h2-4,7,13,16H,5-6,8-9H2,1H3,(H,17,19). The molecule has 0 saturated carbocycles. The third-order valence-electron chi connectivity index (χ3n) is 3.29. The summed E-state index contributed by atoms with van der Waals surface area (Å²) < 4.78 is 13.3. The molecular formula is C14H18FN3O2. The van der Waals surface area contributed by atoms with Crippen molar-refractivity contribution >= 4 is 11.8 Å². The van der Waals surface area contributed by atoms with Gasteiger partial charge in [0, 0.05) is 26.6 Å². The van der Waals surface area contributed by atoms with Crippen LogP contribution in [0.15, 0.2) is 24.3 Å². The summed E-state index contributed by atoms with van der Waals surface area (Å²) in [5, 5.41) is 5.70. The number of halogens is 1. The second-order valence-electron chi connectivity index (χ2n) is 4.77. The SMILES string of the molecule is CC(=O)NCC(=O)N1CCNCC1c1cccc(F)c1. The molecule has 0 bridgehead atoms. The molecule has 1 aromatic rings. The molecule has 0 aliphatic carbocycles. The minimum absolute atomic E-state index is 0.0266. The van der Waals surface area contributed by atoms with Gasteiger partial charge in [0.05, 0.1) is 12.6 Å². The first kappa shape index (κ1) is 14.5. The Morgan fingerprint density at radius 3 is 3.00 bits per heavy atom. The van der Waals surface area contributed by atoms with Crippen LogP contribution in [-0.2, 0) is 9.59 Å². The summed E-state index contributed by atoms with van der Waals surface area (Å²) in [5.41, 5.74) is 0.758. The lowest BCUT2D eigenvalue weighted by Gasteiger charge is -2.36. The van der Waals surface area contributed by atoms with E-state index in [9.17, 15) is 14.0 Å². The van der Waals surface area contributed by atoms with Gasteiger partial charge >= 0.3 is 0 Å². The maximum absolute atomic E-state index is 13.3. The Morgan fingerprint density at radius 1 is 1.50 bits per heavy atom. The van der Waals surface area contributed by atoms with E-state index in [1.807, 2.05) is 0 Å². The molecule has 6 heteroatoms. The van der Waals surface area contributed by atoms with Crippen LogP contribution in [0.3, 0.4) is 0 Å². The number of benzene rings is 1. The molecule has 1 aromatic carbocycles. The van der Waals surface area contributed by atoms with Crippen molar-refractivity contribution in [3.05, 3.63) is 35.6 Å². The Balaban J connectivity index is 2.12. The van der Waals surface area contributed by atoms with Gasteiger partial charge in [-0.2, -0.15) is 0 Å². The van der Waals surface area contributed by atoms with Crippen LogP contribution in [0.2, 0.25) is 0 Å². The van der Waals surface area contributed by atoms with Gasteiger partial charge in [-0.15, -0.1) is 0 Å². The van der Waals surface area contributed by atoms with Crippen molar-refractivity contribution in [3.63, 3.8) is 0 Å². The van der Waals surface area contributed by atoms with Gasteiger partial charge in [0.15, 0.2) is 0 Å². The van der Waals surface area contributed by atoms with E-state index in [1.165, 1.54) is 19.1 Å². The second-order valence-corrected chi connectivity index (χ2v) is 4.77. The molecule has 0 spiro atoms. The fourth-order valence-corrected chi connectivity index (χ4v) is 2.32. The molecule has 20 heavy (non-hydrogen) atoms.